The fraction of sp³-hybridized carbons (Fsp3) is 0.0870. The van der Waals surface area contributed by atoms with E-state index >= 15 is 0 Å². The molecule has 1 atom stereocenters. The molecule has 0 bridgehead atoms. The van der Waals surface area contributed by atoms with Crippen molar-refractivity contribution in [3.63, 3.8) is 0 Å². The maximum atomic E-state index is 13.2. The molecule has 8 heteroatoms. The quantitative estimate of drug-likeness (QED) is 0.448. The van der Waals surface area contributed by atoms with E-state index in [1.165, 1.54) is 16.6 Å². The Labute approximate surface area is 179 Å². The monoisotopic (exact) mass is 429 g/mol. The lowest BCUT2D eigenvalue weighted by molar-refractivity contribution is 0.592. The molecule has 0 saturated heterocycles. The van der Waals surface area contributed by atoms with Crippen LogP contribution in [0.3, 0.4) is 0 Å². The van der Waals surface area contributed by atoms with E-state index in [0.717, 1.165) is 16.5 Å². The average Bonchev–Trinajstić information content (AvgIpc) is 3.25. The molecule has 2 heterocycles. The number of nitrogens with one attached hydrogen (secondary N) is 1. The molecule has 3 aromatic carbocycles. The van der Waals surface area contributed by atoms with E-state index in [4.69, 9.17) is 0 Å². The molecule has 0 radical (unpaired) electrons. The number of hydrogen-bond acceptors (Lipinski definition) is 6. The third kappa shape index (κ3) is 3.30. The number of aromatic nitrogens is 4. The molecule has 7 nitrogen and oxygen atoms in total. The van der Waals surface area contributed by atoms with E-state index in [0.29, 0.717) is 5.82 Å². The number of benzene rings is 3. The van der Waals surface area contributed by atoms with Gasteiger partial charge in [0, 0.05) is 11.4 Å². The fourth-order valence-electron chi connectivity index (χ4n) is 3.57. The molecule has 0 spiro atoms. The van der Waals surface area contributed by atoms with Gasteiger partial charge in [0.2, 0.25) is 14.9 Å². The van der Waals surface area contributed by atoms with Crippen molar-refractivity contribution >= 4 is 32.2 Å². The maximum Gasteiger partial charge on any atom is 0.229 e. The van der Waals surface area contributed by atoms with Gasteiger partial charge in [0.1, 0.15) is 5.82 Å². The molecule has 5 rings (SSSR count). The number of sulfone groups is 1. The number of fused-ring (bicyclic) bond motifs is 3. The van der Waals surface area contributed by atoms with Crippen LogP contribution in [0.15, 0.2) is 94.9 Å². The summed E-state index contributed by atoms with van der Waals surface area (Å²) in [5.74, 6) is 0.575. The first-order valence-corrected chi connectivity index (χ1v) is 11.3. The smallest absolute Gasteiger partial charge is 0.229 e. The molecule has 0 amide bonds. The summed E-state index contributed by atoms with van der Waals surface area (Å²) in [5, 5.41) is 12.2. The zero-order valence-electron chi connectivity index (χ0n) is 16.7. The number of hydrogen-bond donors (Lipinski definition) is 1. The van der Waals surface area contributed by atoms with Crippen LogP contribution in [0.4, 0.5) is 5.82 Å². The summed E-state index contributed by atoms with van der Waals surface area (Å²) in [6.07, 6.45) is 0. The molecule has 0 fully saturated rings. The molecule has 2 aromatic heterocycles. The van der Waals surface area contributed by atoms with E-state index in [1.807, 2.05) is 61.5 Å². The van der Waals surface area contributed by atoms with Crippen LogP contribution < -0.4 is 5.32 Å². The van der Waals surface area contributed by atoms with E-state index in [-0.39, 0.29) is 21.6 Å². The standard InChI is InChI=1S/C23H19N5O2S/c1-16(17-10-4-2-5-11-17)24-21-19-14-8-9-15-20(19)28-22(25-21)23(26-27-28)31(29,30)18-12-6-3-7-13-18/h2-16H,1H3,(H,24,25). The highest BCUT2D eigenvalue weighted by atomic mass is 32.2. The molecule has 0 aliphatic carbocycles. The lowest BCUT2D eigenvalue weighted by Gasteiger charge is -2.17. The van der Waals surface area contributed by atoms with Crippen LogP contribution in [0.2, 0.25) is 0 Å². The van der Waals surface area contributed by atoms with Gasteiger partial charge in [-0.15, -0.1) is 5.10 Å². The summed E-state index contributed by atoms with van der Waals surface area (Å²) in [6, 6.07) is 25.7. The Morgan fingerprint density at radius 2 is 1.52 bits per heavy atom. The minimum atomic E-state index is -3.87. The van der Waals surface area contributed by atoms with Gasteiger partial charge in [0.25, 0.3) is 0 Å². The normalized spacial score (nSPS) is 12.8. The Hall–Kier alpha value is -3.78. The fourth-order valence-corrected chi connectivity index (χ4v) is 4.83. The average molecular weight is 430 g/mol. The Kier molecular flexibility index (Phi) is 4.63. The van der Waals surface area contributed by atoms with Crippen LogP contribution in [0, 0.1) is 0 Å². The Morgan fingerprint density at radius 3 is 2.26 bits per heavy atom. The molecular weight excluding hydrogens is 410 g/mol. The van der Waals surface area contributed by atoms with Gasteiger partial charge in [-0.1, -0.05) is 65.9 Å². The second kappa shape index (κ2) is 7.48. The predicted molar refractivity (Wildman–Crippen MR) is 119 cm³/mol. The largest absolute Gasteiger partial charge is 0.363 e. The predicted octanol–water partition coefficient (Wildman–Crippen LogP) is 4.28. The summed E-state index contributed by atoms with van der Waals surface area (Å²) in [5.41, 5.74) is 2.00. The van der Waals surface area contributed by atoms with Crippen molar-refractivity contribution in [2.75, 3.05) is 5.32 Å². The van der Waals surface area contributed by atoms with Crippen molar-refractivity contribution in [2.45, 2.75) is 22.9 Å². The summed E-state index contributed by atoms with van der Waals surface area (Å²) in [6.45, 7) is 2.03. The van der Waals surface area contributed by atoms with Gasteiger partial charge in [-0.2, -0.15) is 4.52 Å². The molecular formula is C23H19N5O2S. The van der Waals surface area contributed by atoms with Crippen LogP contribution >= 0.6 is 0 Å². The van der Waals surface area contributed by atoms with Crippen molar-refractivity contribution in [3.8, 4) is 0 Å². The van der Waals surface area contributed by atoms with Crippen molar-refractivity contribution in [2.24, 2.45) is 0 Å². The second-order valence-corrected chi connectivity index (χ2v) is 9.07. The summed E-state index contributed by atoms with van der Waals surface area (Å²) in [4.78, 5) is 4.82. The molecule has 0 saturated carbocycles. The van der Waals surface area contributed by atoms with Crippen LogP contribution in [0.25, 0.3) is 16.6 Å². The first-order valence-electron chi connectivity index (χ1n) is 9.81. The van der Waals surface area contributed by atoms with Crippen molar-refractivity contribution in [1.82, 2.24) is 19.8 Å². The van der Waals surface area contributed by atoms with Crippen LogP contribution in [0.1, 0.15) is 18.5 Å². The van der Waals surface area contributed by atoms with Gasteiger partial charge < -0.3 is 5.32 Å². The van der Waals surface area contributed by atoms with Crippen LogP contribution in [0.5, 0.6) is 0 Å². The summed E-state index contributed by atoms with van der Waals surface area (Å²) >= 11 is 0. The van der Waals surface area contributed by atoms with Crippen LogP contribution in [-0.2, 0) is 9.84 Å². The molecule has 0 aliphatic heterocycles. The maximum absolute atomic E-state index is 13.2. The molecule has 31 heavy (non-hydrogen) atoms. The van der Waals surface area contributed by atoms with Gasteiger partial charge in [-0.05, 0) is 36.8 Å². The second-order valence-electron chi connectivity index (χ2n) is 7.20. The highest BCUT2D eigenvalue weighted by Gasteiger charge is 2.27. The third-order valence-electron chi connectivity index (χ3n) is 5.18. The summed E-state index contributed by atoms with van der Waals surface area (Å²) < 4.78 is 27.9. The Balaban J connectivity index is 1.70. The van der Waals surface area contributed by atoms with E-state index in [9.17, 15) is 8.42 Å². The molecule has 154 valence electrons. The molecule has 0 aliphatic rings. The van der Waals surface area contributed by atoms with Gasteiger partial charge in [0.05, 0.1) is 10.4 Å². The lowest BCUT2D eigenvalue weighted by Crippen LogP contribution is -2.10. The molecule has 1 unspecified atom stereocenters. The minimum Gasteiger partial charge on any atom is -0.363 e. The minimum absolute atomic E-state index is 0.0374. The third-order valence-corrected chi connectivity index (χ3v) is 6.85. The molecule has 5 aromatic rings. The zero-order chi connectivity index (χ0) is 21.4. The Bertz CT molecular complexity index is 1480. The number of rotatable bonds is 5. The van der Waals surface area contributed by atoms with Gasteiger partial charge in [-0.25, -0.2) is 13.4 Å². The van der Waals surface area contributed by atoms with Gasteiger partial charge in [0.15, 0.2) is 5.65 Å². The number of para-hydroxylation sites is 1. The SMILES string of the molecule is CC(Nc1nc2c(S(=O)(=O)c3ccccc3)nnn2c2ccccc12)c1ccccc1. The van der Waals surface area contributed by atoms with Crippen molar-refractivity contribution in [3.05, 3.63) is 90.5 Å². The van der Waals surface area contributed by atoms with E-state index < -0.39 is 9.84 Å². The van der Waals surface area contributed by atoms with Crippen LogP contribution in [-0.4, -0.2) is 28.2 Å². The Morgan fingerprint density at radius 1 is 0.871 bits per heavy atom. The molecule has 1 N–H and O–H groups in total. The topological polar surface area (TPSA) is 89.2 Å². The number of anilines is 1. The van der Waals surface area contributed by atoms with E-state index in [2.05, 4.69) is 20.6 Å². The highest BCUT2D eigenvalue weighted by molar-refractivity contribution is 7.91. The number of nitrogens with zero attached hydrogens (tertiary/aromatic N) is 4. The van der Waals surface area contributed by atoms with Gasteiger partial charge >= 0.3 is 0 Å². The van der Waals surface area contributed by atoms with Crippen molar-refractivity contribution < 1.29 is 8.42 Å². The zero-order valence-corrected chi connectivity index (χ0v) is 17.5. The van der Waals surface area contributed by atoms with E-state index in [1.54, 1.807) is 18.2 Å². The first kappa shape index (κ1) is 19.2. The first-order chi connectivity index (χ1) is 15.1. The van der Waals surface area contributed by atoms with Crippen molar-refractivity contribution in [1.29, 1.82) is 0 Å². The van der Waals surface area contributed by atoms with Gasteiger partial charge in [-0.3, -0.25) is 0 Å². The highest BCUT2D eigenvalue weighted by Crippen LogP contribution is 2.29. The summed E-state index contributed by atoms with van der Waals surface area (Å²) in [7, 11) is -3.87. The lowest BCUT2D eigenvalue weighted by atomic mass is 10.1.